The Kier molecular flexibility index (Phi) is 3.83. The first-order valence-corrected chi connectivity index (χ1v) is 7.87. The van der Waals surface area contributed by atoms with E-state index >= 15 is 0 Å². The number of carbonyl (C=O) groups excluding carboxylic acids is 1. The molecule has 0 saturated carbocycles. The molecular weight excluding hydrogens is 302 g/mol. The molecule has 0 aliphatic carbocycles. The van der Waals surface area contributed by atoms with E-state index in [9.17, 15) is 4.79 Å². The van der Waals surface area contributed by atoms with Crippen LogP contribution in [0.4, 0.5) is 5.69 Å². The van der Waals surface area contributed by atoms with E-state index in [1.165, 1.54) is 0 Å². The average molecular weight is 323 g/mol. The first kappa shape index (κ1) is 16.1. The van der Waals surface area contributed by atoms with Crippen LogP contribution >= 0.6 is 0 Å². The monoisotopic (exact) mass is 323 g/mol. The molecule has 3 aromatic rings. The third-order valence-electron chi connectivity index (χ3n) is 3.80. The minimum absolute atomic E-state index is 0.0779. The van der Waals surface area contributed by atoms with E-state index < -0.39 is 0 Å². The number of aromatic nitrogens is 4. The topological polar surface area (TPSA) is 72.2 Å². The number of nitrogens with one attached hydrogen (secondary N) is 1. The number of hydrogen-bond acceptors (Lipinski definition) is 4. The van der Waals surface area contributed by atoms with Crippen LogP contribution in [0.3, 0.4) is 0 Å². The highest BCUT2D eigenvalue weighted by Crippen LogP contribution is 2.29. The van der Waals surface area contributed by atoms with Crippen LogP contribution in [0.5, 0.6) is 0 Å². The number of rotatable bonds is 2. The van der Waals surface area contributed by atoms with E-state index in [0.29, 0.717) is 5.78 Å². The maximum Gasteiger partial charge on any atom is 0.295 e. The van der Waals surface area contributed by atoms with Crippen LogP contribution in [0, 0.1) is 13.8 Å². The molecule has 1 amide bonds. The lowest BCUT2D eigenvalue weighted by Crippen LogP contribution is -2.19. The summed E-state index contributed by atoms with van der Waals surface area (Å²) in [5, 5.41) is 7.20. The fourth-order valence-electron chi connectivity index (χ4n) is 2.69. The van der Waals surface area contributed by atoms with Gasteiger partial charge in [0.1, 0.15) is 0 Å². The van der Waals surface area contributed by atoms with E-state index in [2.05, 4.69) is 41.2 Å². The second kappa shape index (κ2) is 5.70. The van der Waals surface area contributed by atoms with Crippen LogP contribution in [0.15, 0.2) is 30.3 Å². The summed E-state index contributed by atoms with van der Waals surface area (Å²) in [4.78, 5) is 21.1. The molecule has 0 unspecified atom stereocenters. The lowest BCUT2D eigenvalue weighted by atomic mass is 9.86. The SMILES string of the molecule is Cc1cc(C)n2nc(C(=O)Nc3ccccc3C(C)(C)C)nc2n1. The predicted octanol–water partition coefficient (Wildman–Crippen LogP) is 3.29. The van der Waals surface area contributed by atoms with E-state index in [1.807, 2.05) is 44.2 Å². The Morgan fingerprint density at radius 2 is 1.83 bits per heavy atom. The summed E-state index contributed by atoms with van der Waals surface area (Å²) < 4.78 is 1.58. The number of para-hydroxylation sites is 1. The predicted molar refractivity (Wildman–Crippen MR) is 93.4 cm³/mol. The molecule has 3 rings (SSSR count). The third kappa shape index (κ3) is 2.99. The molecule has 0 aliphatic rings. The molecule has 1 N–H and O–H groups in total. The molecule has 0 fully saturated rings. The van der Waals surface area contributed by atoms with E-state index in [0.717, 1.165) is 22.6 Å². The van der Waals surface area contributed by atoms with Gasteiger partial charge in [-0.1, -0.05) is 39.0 Å². The Labute approximate surface area is 141 Å². The number of carbonyl (C=O) groups is 1. The Balaban J connectivity index is 1.96. The number of fused-ring (bicyclic) bond motifs is 1. The van der Waals surface area contributed by atoms with Crippen LogP contribution in [-0.2, 0) is 5.41 Å². The summed E-state index contributed by atoms with van der Waals surface area (Å²) in [7, 11) is 0. The smallest absolute Gasteiger partial charge is 0.295 e. The standard InChI is InChI=1S/C18H21N5O/c1-11-10-12(2)23-17(19-11)21-15(22-23)16(24)20-14-9-7-6-8-13(14)18(3,4)5/h6-10H,1-5H3,(H,20,24). The van der Waals surface area contributed by atoms with Gasteiger partial charge in [-0.15, -0.1) is 5.10 Å². The lowest BCUT2D eigenvalue weighted by molar-refractivity contribution is 0.101. The first-order valence-electron chi connectivity index (χ1n) is 7.87. The Bertz CT molecular complexity index is 921. The number of hydrogen-bond donors (Lipinski definition) is 1. The molecule has 1 aromatic carbocycles. The second-order valence-corrected chi connectivity index (χ2v) is 6.94. The summed E-state index contributed by atoms with van der Waals surface area (Å²) in [5.74, 6) is 0.205. The maximum atomic E-state index is 12.6. The Morgan fingerprint density at radius 1 is 1.12 bits per heavy atom. The summed E-state index contributed by atoms with van der Waals surface area (Å²) >= 11 is 0. The van der Waals surface area contributed by atoms with Crippen molar-refractivity contribution in [2.45, 2.75) is 40.0 Å². The zero-order valence-electron chi connectivity index (χ0n) is 14.6. The minimum atomic E-state index is -0.339. The summed E-state index contributed by atoms with van der Waals surface area (Å²) in [6.07, 6.45) is 0. The van der Waals surface area contributed by atoms with Gasteiger partial charge in [-0.25, -0.2) is 9.50 Å². The third-order valence-corrected chi connectivity index (χ3v) is 3.80. The quantitative estimate of drug-likeness (QED) is 0.785. The Morgan fingerprint density at radius 3 is 2.54 bits per heavy atom. The fraction of sp³-hybridized carbons (Fsp3) is 0.333. The number of amides is 1. The molecule has 0 aliphatic heterocycles. The highest BCUT2D eigenvalue weighted by Gasteiger charge is 2.21. The van der Waals surface area contributed by atoms with Crippen LogP contribution in [0.2, 0.25) is 0 Å². The first-order chi connectivity index (χ1) is 11.3. The molecule has 0 spiro atoms. The van der Waals surface area contributed by atoms with Crippen molar-refractivity contribution in [3.63, 3.8) is 0 Å². The molecule has 2 aromatic heterocycles. The van der Waals surface area contributed by atoms with Gasteiger partial charge in [0.15, 0.2) is 0 Å². The van der Waals surface area contributed by atoms with E-state index in [4.69, 9.17) is 0 Å². The van der Waals surface area contributed by atoms with Gasteiger partial charge >= 0.3 is 0 Å². The minimum Gasteiger partial charge on any atom is -0.319 e. The van der Waals surface area contributed by atoms with Gasteiger partial charge in [0.2, 0.25) is 5.82 Å². The van der Waals surface area contributed by atoms with Gasteiger partial charge < -0.3 is 5.32 Å². The molecule has 0 radical (unpaired) electrons. The fourth-order valence-corrected chi connectivity index (χ4v) is 2.69. The summed E-state index contributed by atoms with van der Waals surface area (Å²) in [6.45, 7) is 10.1. The molecule has 6 nitrogen and oxygen atoms in total. The molecule has 6 heteroatoms. The highest BCUT2D eigenvalue weighted by atomic mass is 16.2. The van der Waals surface area contributed by atoms with Gasteiger partial charge in [-0.05, 0) is 37.0 Å². The summed E-state index contributed by atoms with van der Waals surface area (Å²) in [6, 6.07) is 9.68. The highest BCUT2D eigenvalue weighted by molar-refractivity contribution is 6.02. The van der Waals surface area contributed by atoms with Gasteiger partial charge in [-0.2, -0.15) is 4.98 Å². The molecule has 0 saturated heterocycles. The van der Waals surface area contributed by atoms with Gasteiger partial charge in [0.05, 0.1) is 0 Å². The Hall–Kier alpha value is -2.76. The van der Waals surface area contributed by atoms with Gasteiger partial charge in [-0.3, -0.25) is 4.79 Å². The van der Waals surface area contributed by atoms with Crippen LogP contribution in [-0.4, -0.2) is 25.5 Å². The molecule has 124 valence electrons. The largest absolute Gasteiger partial charge is 0.319 e. The average Bonchev–Trinajstić information content (AvgIpc) is 2.91. The second-order valence-electron chi connectivity index (χ2n) is 6.94. The van der Waals surface area contributed by atoms with Crippen molar-refractivity contribution in [1.29, 1.82) is 0 Å². The normalized spacial score (nSPS) is 11.7. The molecule has 2 heterocycles. The van der Waals surface area contributed by atoms with Crippen molar-refractivity contribution in [3.05, 3.63) is 53.1 Å². The number of anilines is 1. The van der Waals surface area contributed by atoms with Crippen molar-refractivity contribution in [1.82, 2.24) is 19.6 Å². The zero-order valence-corrected chi connectivity index (χ0v) is 14.6. The van der Waals surface area contributed by atoms with Crippen LogP contribution < -0.4 is 5.32 Å². The zero-order chi connectivity index (χ0) is 17.5. The van der Waals surface area contributed by atoms with E-state index in [1.54, 1.807) is 4.52 Å². The van der Waals surface area contributed by atoms with Crippen molar-refractivity contribution < 1.29 is 4.79 Å². The van der Waals surface area contributed by atoms with Crippen LogP contribution in [0.1, 0.15) is 48.3 Å². The van der Waals surface area contributed by atoms with Gasteiger partial charge in [0, 0.05) is 17.1 Å². The number of benzene rings is 1. The molecule has 24 heavy (non-hydrogen) atoms. The number of aryl methyl sites for hydroxylation is 2. The van der Waals surface area contributed by atoms with Crippen LogP contribution in [0.25, 0.3) is 5.78 Å². The molecular formula is C18H21N5O. The van der Waals surface area contributed by atoms with E-state index in [-0.39, 0.29) is 17.1 Å². The van der Waals surface area contributed by atoms with Crippen molar-refractivity contribution in [3.8, 4) is 0 Å². The maximum absolute atomic E-state index is 12.6. The molecule has 0 atom stereocenters. The summed E-state index contributed by atoms with van der Waals surface area (Å²) in [5.41, 5.74) is 3.49. The van der Waals surface area contributed by atoms with Crippen molar-refractivity contribution in [2.75, 3.05) is 5.32 Å². The van der Waals surface area contributed by atoms with Crippen molar-refractivity contribution >= 4 is 17.4 Å². The number of nitrogens with zero attached hydrogens (tertiary/aromatic N) is 4. The molecule has 0 bridgehead atoms. The van der Waals surface area contributed by atoms with Gasteiger partial charge in [0.25, 0.3) is 11.7 Å². The lowest BCUT2D eigenvalue weighted by Gasteiger charge is -2.22. The van der Waals surface area contributed by atoms with Crippen molar-refractivity contribution in [2.24, 2.45) is 0 Å².